The third-order valence-corrected chi connectivity index (χ3v) is 3.47. The first kappa shape index (κ1) is 15.1. The second-order valence-corrected chi connectivity index (χ2v) is 5.03. The number of aryl methyl sites for hydroxylation is 1. The number of carbonyl (C=O) groups is 1. The van der Waals surface area contributed by atoms with Gasteiger partial charge in [0.15, 0.2) is 5.78 Å². The van der Waals surface area contributed by atoms with Gasteiger partial charge in [-0.1, -0.05) is 0 Å². The Hall–Kier alpha value is -1.30. The second kappa shape index (κ2) is 7.47. The number of ketones is 1. The molecule has 0 aromatic heterocycles. The maximum Gasteiger partial charge on any atom is 0.188 e. The SMILES string of the molecule is Cc1cc(C(=O)COCCN2CCNCC2)ccc1F. The van der Waals surface area contributed by atoms with Crippen molar-refractivity contribution in [3.8, 4) is 0 Å². The summed E-state index contributed by atoms with van der Waals surface area (Å²) in [4.78, 5) is 14.2. The standard InChI is InChI=1S/C15H21FN2O2/c1-12-10-13(2-3-14(12)16)15(19)11-20-9-8-18-6-4-17-5-7-18/h2-3,10,17H,4-9,11H2,1H3. The van der Waals surface area contributed by atoms with Crippen LogP contribution in [0.15, 0.2) is 18.2 Å². The number of Topliss-reactive ketones (excluding diaryl/α,β-unsaturated/α-hetero) is 1. The first-order valence-corrected chi connectivity index (χ1v) is 6.97. The van der Waals surface area contributed by atoms with Gasteiger partial charge in [0.05, 0.1) is 6.61 Å². The van der Waals surface area contributed by atoms with Crippen LogP contribution in [0.5, 0.6) is 0 Å². The zero-order chi connectivity index (χ0) is 14.4. The number of halogens is 1. The zero-order valence-electron chi connectivity index (χ0n) is 11.8. The molecule has 1 fully saturated rings. The second-order valence-electron chi connectivity index (χ2n) is 5.03. The van der Waals surface area contributed by atoms with E-state index in [0.29, 0.717) is 17.7 Å². The monoisotopic (exact) mass is 280 g/mol. The first-order chi connectivity index (χ1) is 9.66. The van der Waals surface area contributed by atoms with E-state index >= 15 is 0 Å². The highest BCUT2D eigenvalue weighted by molar-refractivity contribution is 5.97. The van der Waals surface area contributed by atoms with Gasteiger partial charge in [-0.25, -0.2) is 4.39 Å². The van der Waals surface area contributed by atoms with Crippen molar-refractivity contribution < 1.29 is 13.9 Å². The topological polar surface area (TPSA) is 41.6 Å². The van der Waals surface area contributed by atoms with Crippen LogP contribution < -0.4 is 5.32 Å². The molecule has 2 rings (SSSR count). The number of benzene rings is 1. The summed E-state index contributed by atoms with van der Waals surface area (Å²) in [5.41, 5.74) is 0.989. The molecule has 1 aromatic carbocycles. The van der Waals surface area contributed by atoms with E-state index in [1.807, 2.05) is 0 Å². The lowest BCUT2D eigenvalue weighted by Crippen LogP contribution is -2.44. The van der Waals surface area contributed by atoms with Gasteiger partial charge >= 0.3 is 0 Å². The molecular weight excluding hydrogens is 259 g/mol. The molecular formula is C15H21FN2O2. The van der Waals surface area contributed by atoms with E-state index in [2.05, 4.69) is 10.2 Å². The van der Waals surface area contributed by atoms with Gasteiger partial charge in [0.1, 0.15) is 12.4 Å². The number of ether oxygens (including phenoxy) is 1. The van der Waals surface area contributed by atoms with Crippen molar-refractivity contribution in [2.75, 3.05) is 45.9 Å². The lowest BCUT2D eigenvalue weighted by Gasteiger charge is -2.26. The molecule has 4 nitrogen and oxygen atoms in total. The highest BCUT2D eigenvalue weighted by atomic mass is 19.1. The van der Waals surface area contributed by atoms with Crippen molar-refractivity contribution in [1.82, 2.24) is 10.2 Å². The molecule has 5 heteroatoms. The minimum atomic E-state index is -0.291. The summed E-state index contributed by atoms with van der Waals surface area (Å²) in [6, 6.07) is 4.39. The van der Waals surface area contributed by atoms with Gasteiger partial charge in [-0.15, -0.1) is 0 Å². The van der Waals surface area contributed by atoms with E-state index in [0.717, 1.165) is 32.7 Å². The van der Waals surface area contributed by atoms with Crippen molar-refractivity contribution in [2.24, 2.45) is 0 Å². The smallest absolute Gasteiger partial charge is 0.188 e. The summed E-state index contributed by atoms with van der Waals surface area (Å²) in [7, 11) is 0. The van der Waals surface area contributed by atoms with E-state index in [4.69, 9.17) is 4.74 Å². The largest absolute Gasteiger partial charge is 0.372 e. The molecule has 0 unspecified atom stereocenters. The molecule has 1 aliphatic heterocycles. The number of piperazine rings is 1. The Bertz CT molecular complexity index is 459. The van der Waals surface area contributed by atoms with Crippen LogP contribution in [-0.2, 0) is 4.74 Å². The van der Waals surface area contributed by atoms with Gasteiger partial charge in [-0.05, 0) is 30.7 Å². The Balaban J connectivity index is 1.70. The predicted molar refractivity (Wildman–Crippen MR) is 75.6 cm³/mol. The highest BCUT2D eigenvalue weighted by Crippen LogP contribution is 2.10. The van der Waals surface area contributed by atoms with E-state index in [1.54, 1.807) is 13.0 Å². The van der Waals surface area contributed by atoms with Crippen LogP contribution in [0.2, 0.25) is 0 Å². The molecule has 0 amide bonds. The number of hydrogen-bond acceptors (Lipinski definition) is 4. The van der Waals surface area contributed by atoms with Gasteiger partial charge in [0, 0.05) is 38.3 Å². The molecule has 1 aromatic rings. The van der Waals surface area contributed by atoms with Crippen LogP contribution in [0.25, 0.3) is 0 Å². The van der Waals surface area contributed by atoms with Crippen molar-refractivity contribution in [2.45, 2.75) is 6.92 Å². The Morgan fingerprint density at radius 1 is 1.40 bits per heavy atom. The molecule has 1 saturated heterocycles. The normalized spacial score (nSPS) is 16.3. The number of nitrogens with zero attached hydrogens (tertiary/aromatic N) is 1. The summed E-state index contributed by atoms with van der Waals surface area (Å²) in [6.45, 7) is 7.16. The highest BCUT2D eigenvalue weighted by Gasteiger charge is 2.10. The fourth-order valence-electron chi connectivity index (χ4n) is 2.19. The summed E-state index contributed by atoms with van der Waals surface area (Å²) >= 11 is 0. The van der Waals surface area contributed by atoms with Crippen LogP contribution in [0.4, 0.5) is 4.39 Å². The first-order valence-electron chi connectivity index (χ1n) is 6.97. The Kier molecular flexibility index (Phi) is 5.64. The van der Waals surface area contributed by atoms with Crippen LogP contribution >= 0.6 is 0 Å². The summed E-state index contributed by atoms with van der Waals surface area (Å²) < 4.78 is 18.5. The fraction of sp³-hybridized carbons (Fsp3) is 0.533. The van der Waals surface area contributed by atoms with Gasteiger partial charge < -0.3 is 10.1 Å². The molecule has 1 heterocycles. The third kappa shape index (κ3) is 4.37. The lowest BCUT2D eigenvalue weighted by atomic mass is 10.1. The minimum Gasteiger partial charge on any atom is -0.372 e. The summed E-state index contributed by atoms with van der Waals surface area (Å²) in [5, 5.41) is 3.29. The molecule has 110 valence electrons. The van der Waals surface area contributed by atoms with Crippen molar-refractivity contribution >= 4 is 5.78 Å². The van der Waals surface area contributed by atoms with E-state index in [-0.39, 0.29) is 18.2 Å². The number of hydrogen-bond donors (Lipinski definition) is 1. The quantitative estimate of drug-likeness (QED) is 0.629. The maximum atomic E-state index is 13.1. The van der Waals surface area contributed by atoms with Gasteiger partial charge in [-0.3, -0.25) is 9.69 Å². The average Bonchev–Trinajstić information content (AvgIpc) is 2.47. The molecule has 0 radical (unpaired) electrons. The fourth-order valence-corrected chi connectivity index (χ4v) is 2.19. The average molecular weight is 280 g/mol. The molecule has 0 aliphatic carbocycles. The molecule has 0 spiro atoms. The van der Waals surface area contributed by atoms with Gasteiger partial charge in [0.2, 0.25) is 0 Å². The van der Waals surface area contributed by atoms with Gasteiger partial charge in [0.25, 0.3) is 0 Å². The van der Waals surface area contributed by atoms with Crippen molar-refractivity contribution in [1.29, 1.82) is 0 Å². The molecule has 1 N–H and O–H groups in total. The van der Waals surface area contributed by atoms with E-state index in [9.17, 15) is 9.18 Å². The maximum absolute atomic E-state index is 13.1. The number of rotatable bonds is 6. The molecule has 1 aliphatic rings. The molecule has 0 atom stereocenters. The van der Waals surface area contributed by atoms with Crippen LogP contribution in [-0.4, -0.2) is 56.6 Å². The third-order valence-electron chi connectivity index (χ3n) is 3.47. The van der Waals surface area contributed by atoms with Crippen LogP contribution in [0.3, 0.4) is 0 Å². The Morgan fingerprint density at radius 3 is 2.85 bits per heavy atom. The van der Waals surface area contributed by atoms with Crippen molar-refractivity contribution in [3.63, 3.8) is 0 Å². The predicted octanol–water partition coefficient (Wildman–Crippen LogP) is 1.24. The zero-order valence-corrected chi connectivity index (χ0v) is 11.8. The molecule has 20 heavy (non-hydrogen) atoms. The van der Waals surface area contributed by atoms with Crippen LogP contribution in [0.1, 0.15) is 15.9 Å². The molecule has 0 saturated carbocycles. The van der Waals surface area contributed by atoms with E-state index in [1.165, 1.54) is 12.1 Å². The van der Waals surface area contributed by atoms with Crippen LogP contribution in [0, 0.1) is 12.7 Å². The lowest BCUT2D eigenvalue weighted by molar-refractivity contribution is 0.0689. The van der Waals surface area contributed by atoms with Gasteiger partial charge in [-0.2, -0.15) is 0 Å². The minimum absolute atomic E-state index is 0.0527. The Morgan fingerprint density at radius 2 is 2.15 bits per heavy atom. The van der Waals surface area contributed by atoms with Crippen molar-refractivity contribution in [3.05, 3.63) is 35.1 Å². The summed E-state index contributed by atoms with van der Waals surface area (Å²) in [6.07, 6.45) is 0. The number of carbonyl (C=O) groups excluding carboxylic acids is 1. The number of nitrogens with one attached hydrogen (secondary N) is 1. The Labute approximate surface area is 118 Å². The summed E-state index contributed by atoms with van der Waals surface area (Å²) in [5.74, 6) is -0.394. The van der Waals surface area contributed by atoms with E-state index < -0.39 is 0 Å². The molecule has 0 bridgehead atoms.